The number of hydrogen-bond acceptors (Lipinski definition) is 1. The fourth-order valence-electron chi connectivity index (χ4n) is 2.74. The molecule has 1 aromatic rings. The third kappa shape index (κ3) is 10.1. The zero-order chi connectivity index (χ0) is 15.2. The van der Waals surface area contributed by atoms with Crippen LogP contribution < -0.4 is 0 Å². The lowest BCUT2D eigenvalue weighted by atomic mass is 10.0. The molecular weight excluding hydrogens is 322 g/mol. The molecule has 0 radical (unpaired) electrons. The highest BCUT2D eigenvalue weighted by Gasteiger charge is 1.99. The topological polar surface area (TPSA) is 12.9 Å². The maximum absolute atomic E-state index is 4.42. The van der Waals surface area contributed by atoms with Crippen LogP contribution in [0.4, 0.5) is 0 Å². The first kappa shape index (κ1) is 18.7. The second kappa shape index (κ2) is 13.3. The second-order valence-electron chi connectivity index (χ2n) is 6.07. The second-order valence-corrected chi connectivity index (χ2v) is 6.93. The van der Waals surface area contributed by atoms with Gasteiger partial charge >= 0.3 is 0 Å². The SMILES string of the molecule is CCCCCCCCCCCCCCc1ncccc1Br. The van der Waals surface area contributed by atoms with E-state index in [1.54, 1.807) is 0 Å². The lowest BCUT2D eigenvalue weighted by molar-refractivity contribution is 0.543. The smallest absolute Gasteiger partial charge is 0.0545 e. The zero-order valence-electron chi connectivity index (χ0n) is 13.7. The van der Waals surface area contributed by atoms with Crippen LogP contribution in [0.3, 0.4) is 0 Å². The fourth-order valence-corrected chi connectivity index (χ4v) is 3.19. The Bertz CT molecular complexity index is 351. The largest absolute Gasteiger partial charge is 0.260 e. The van der Waals surface area contributed by atoms with E-state index in [0.717, 1.165) is 10.9 Å². The molecular formula is C19H32BrN. The Kier molecular flexibility index (Phi) is 11.8. The number of nitrogens with zero attached hydrogens (tertiary/aromatic N) is 1. The van der Waals surface area contributed by atoms with Crippen molar-refractivity contribution in [1.82, 2.24) is 4.98 Å². The van der Waals surface area contributed by atoms with Crippen molar-refractivity contribution < 1.29 is 0 Å². The van der Waals surface area contributed by atoms with Gasteiger partial charge in [0, 0.05) is 10.7 Å². The van der Waals surface area contributed by atoms with Crippen LogP contribution in [0.2, 0.25) is 0 Å². The van der Waals surface area contributed by atoms with Gasteiger partial charge in [0.1, 0.15) is 0 Å². The molecule has 0 bridgehead atoms. The van der Waals surface area contributed by atoms with E-state index < -0.39 is 0 Å². The van der Waals surface area contributed by atoms with E-state index in [-0.39, 0.29) is 0 Å². The van der Waals surface area contributed by atoms with Gasteiger partial charge in [0.25, 0.3) is 0 Å². The Balaban J connectivity index is 1.84. The molecule has 1 nitrogen and oxygen atoms in total. The number of aryl methyl sites for hydroxylation is 1. The van der Waals surface area contributed by atoms with Crippen molar-refractivity contribution in [3.05, 3.63) is 28.5 Å². The van der Waals surface area contributed by atoms with Crippen molar-refractivity contribution in [3.63, 3.8) is 0 Å². The van der Waals surface area contributed by atoms with Crippen LogP contribution in [0.15, 0.2) is 22.8 Å². The molecule has 120 valence electrons. The van der Waals surface area contributed by atoms with E-state index in [1.807, 2.05) is 12.3 Å². The summed E-state index contributed by atoms with van der Waals surface area (Å²) in [5.74, 6) is 0. The van der Waals surface area contributed by atoms with Gasteiger partial charge in [0.2, 0.25) is 0 Å². The Morgan fingerprint density at radius 1 is 0.810 bits per heavy atom. The first-order valence-electron chi connectivity index (χ1n) is 8.94. The number of halogens is 1. The van der Waals surface area contributed by atoms with E-state index in [1.165, 1.54) is 82.7 Å². The van der Waals surface area contributed by atoms with Crippen molar-refractivity contribution >= 4 is 15.9 Å². The van der Waals surface area contributed by atoms with E-state index in [4.69, 9.17) is 0 Å². The molecule has 21 heavy (non-hydrogen) atoms. The summed E-state index contributed by atoms with van der Waals surface area (Å²) in [7, 11) is 0. The molecule has 0 fully saturated rings. The van der Waals surface area contributed by atoms with E-state index in [0.29, 0.717) is 0 Å². The summed E-state index contributed by atoms with van der Waals surface area (Å²) in [5.41, 5.74) is 1.21. The van der Waals surface area contributed by atoms with Crippen molar-refractivity contribution in [2.24, 2.45) is 0 Å². The standard InChI is InChI=1S/C19H32BrN/c1-2-3-4-5-6-7-8-9-10-11-12-13-16-19-18(20)15-14-17-21-19/h14-15,17H,2-13,16H2,1H3. The van der Waals surface area contributed by atoms with Gasteiger partial charge in [-0.1, -0.05) is 77.6 Å². The van der Waals surface area contributed by atoms with Crippen LogP contribution in [-0.4, -0.2) is 4.98 Å². The third-order valence-corrected chi connectivity index (χ3v) is 4.82. The molecule has 0 N–H and O–H groups in total. The normalized spacial score (nSPS) is 11.0. The monoisotopic (exact) mass is 353 g/mol. The quantitative estimate of drug-likeness (QED) is 0.345. The summed E-state index contributed by atoms with van der Waals surface area (Å²) in [4.78, 5) is 4.42. The molecule has 0 spiro atoms. The zero-order valence-corrected chi connectivity index (χ0v) is 15.3. The highest BCUT2D eigenvalue weighted by molar-refractivity contribution is 9.10. The Morgan fingerprint density at radius 3 is 1.86 bits per heavy atom. The molecule has 0 aromatic carbocycles. The Morgan fingerprint density at radius 2 is 1.33 bits per heavy atom. The molecule has 0 aliphatic carbocycles. The van der Waals surface area contributed by atoms with Crippen molar-refractivity contribution in [3.8, 4) is 0 Å². The van der Waals surface area contributed by atoms with Crippen LogP contribution >= 0.6 is 15.9 Å². The Hall–Kier alpha value is -0.370. The minimum Gasteiger partial charge on any atom is -0.260 e. The van der Waals surface area contributed by atoms with Crippen molar-refractivity contribution in [2.75, 3.05) is 0 Å². The summed E-state index contributed by atoms with van der Waals surface area (Å²) in [5, 5.41) is 0. The molecule has 0 atom stereocenters. The van der Waals surface area contributed by atoms with Gasteiger partial charge in [-0.25, -0.2) is 0 Å². The average molecular weight is 354 g/mol. The van der Waals surface area contributed by atoms with Crippen LogP contribution in [0, 0.1) is 0 Å². The van der Waals surface area contributed by atoms with Gasteiger partial charge in [0.05, 0.1) is 5.69 Å². The molecule has 0 saturated heterocycles. The summed E-state index contributed by atoms with van der Waals surface area (Å²) in [6.45, 7) is 2.28. The van der Waals surface area contributed by atoms with Crippen LogP contribution in [0.25, 0.3) is 0 Å². The first-order valence-corrected chi connectivity index (χ1v) is 9.73. The summed E-state index contributed by atoms with van der Waals surface area (Å²) in [6.07, 6.45) is 19.9. The summed E-state index contributed by atoms with van der Waals surface area (Å²) < 4.78 is 1.16. The number of unbranched alkanes of at least 4 members (excludes halogenated alkanes) is 11. The maximum atomic E-state index is 4.42. The first-order chi connectivity index (χ1) is 10.3. The Labute approximate surface area is 140 Å². The number of hydrogen-bond donors (Lipinski definition) is 0. The summed E-state index contributed by atoms with van der Waals surface area (Å²) in [6, 6.07) is 4.07. The minimum absolute atomic E-state index is 1.11. The lowest BCUT2D eigenvalue weighted by Gasteiger charge is -2.04. The molecule has 1 heterocycles. The average Bonchev–Trinajstić information content (AvgIpc) is 2.50. The van der Waals surface area contributed by atoms with Gasteiger partial charge in [-0.15, -0.1) is 0 Å². The van der Waals surface area contributed by atoms with Crippen molar-refractivity contribution in [2.45, 2.75) is 90.4 Å². The highest BCUT2D eigenvalue weighted by atomic mass is 79.9. The van der Waals surface area contributed by atoms with Crippen molar-refractivity contribution in [1.29, 1.82) is 0 Å². The predicted molar refractivity (Wildman–Crippen MR) is 96.7 cm³/mol. The van der Waals surface area contributed by atoms with Crippen LogP contribution in [0.1, 0.15) is 89.7 Å². The molecule has 1 rings (SSSR count). The molecule has 0 saturated carbocycles. The number of rotatable bonds is 13. The molecule has 2 heteroatoms. The van der Waals surface area contributed by atoms with E-state index in [9.17, 15) is 0 Å². The number of pyridine rings is 1. The van der Waals surface area contributed by atoms with Gasteiger partial charge in [0.15, 0.2) is 0 Å². The van der Waals surface area contributed by atoms with Gasteiger partial charge in [-0.05, 0) is 40.9 Å². The maximum Gasteiger partial charge on any atom is 0.0545 e. The van der Waals surface area contributed by atoms with Crippen LogP contribution in [0.5, 0.6) is 0 Å². The third-order valence-electron chi connectivity index (χ3n) is 4.10. The van der Waals surface area contributed by atoms with E-state index >= 15 is 0 Å². The fraction of sp³-hybridized carbons (Fsp3) is 0.737. The van der Waals surface area contributed by atoms with Gasteiger partial charge < -0.3 is 0 Å². The minimum atomic E-state index is 1.11. The lowest BCUT2D eigenvalue weighted by Crippen LogP contribution is -1.91. The molecule has 0 aliphatic heterocycles. The molecule has 0 amide bonds. The van der Waals surface area contributed by atoms with Gasteiger partial charge in [-0.3, -0.25) is 4.98 Å². The molecule has 0 unspecified atom stereocenters. The number of aromatic nitrogens is 1. The molecule has 0 aliphatic rings. The van der Waals surface area contributed by atoms with Gasteiger partial charge in [-0.2, -0.15) is 0 Å². The van der Waals surface area contributed by atoms with Crippen LogP contribution in [-0.2, 0) is 6.42 Å². The van der Waals surface area contributed by atoms with E-state index in [2.05, 4.69) is 33.9 Å². The molecule has 1 aromatic heterocycles. The summed E-state index contributed by atoms with van der Waals surface area (Å²) >= 11 is 3.57. The highest BCUT2D eigenvalue weighted by Crippen LogP contribution is 2.17. The predicted octanol–water partition coefficient (Wildman–Crippen LogP) is 7.09.